The Bertz CT molecular complexity index is 322. The summed E-state index contributed by atoms with van der Waals surface area (Å²) in [6.45, 7) is 5.35. The van der Waals surface area contributed by atoms with Gasteiger partial charge in [0, 0.05) is 13.1 Å². The molecule has 0 spiro atoms. The van der Waals surface area contributed by atoms with Gasteiger partial charge in [-0.2, -0.15) is 0 Å². The van der Waals surface area contributed by atoms with E-state index in [4.69, 9.17) is 0 Å². The van der Waals surface area contributed by atoms with Crippen LogP contribution >= 0.6 is 0 Å². The van der Waals surface area contributed by atoms with E-state index in [1.54, 1.807) is 10.9 Å². The van der Waals surface area contributed by atoms with Crippen molar-refractivity contribution < 1.29 is 4.79 Å². The first-order valence-corrected chi connectivity index (χ1v) is 4.93. The number of hydrogen-bond acceptors (Lipinski definition) is 4. The number of carbonyl (C=O) groups excluding carboxylic acids is 1. The van der Waals surface area contributed by atoms with Crippen LogP contribution in [0.15, 0.2) is 6.20 Å². The molecule has 0 aromatic carbocycles. The first kappa shape index (κ1) is 9.33. The standard InChI is InChI=1S/C9H14N4O/c1-2-12-4-3-9(6-12)13-5-8(7-14)10-11-13/h5,7,9H,2-4,6H2,1H3. The molecule has 76 valence electrons. The van der Waals surface area contributed by atoms with Crippen molar-refractivity contribution in [2.24, 2.45) is 0 Å². The van der Waals surface area contributed by atoms with E-state index in [1.807, 2.05) is 0 Å². The van der Waals surface area contributed by atoms with Gasteiger partial charge in [0.1, 0.15) is 5.69 Å². The third kappa shape index (κ3) is 1.68. The van der Waals surface area contributed by atoms with Crippen molar-refractivity contribution in [1.82, 2.24) is 19.9 Å². The molecule has 2 rings (SSSR count). The van der Waals surface area contributed by atoms with Crippen LogP contribution in [-0.2, 0) is 0 Å². The van der Waals surface area contributed by atoms with E-state index in [2.05, 4.69) is 22.1 Å². The Hall–Kier alpha value is -1.23. The summed E-state index contributed by atoms with van der Waals surface area (Å²) >= 11 is 0. The van der Waals surface area contributed by atoms with E-state index in [0.717, 1.165) is 32.3 Å². The Morgan fingerprint density at radius 3 is 3.14 bits per heavy atom. The molecule has 0 bridgehead atoms. The van der Waals surface area contributed by atoms with Gasteiger partial charge in [0.25, 0.3) is 0 Å². The van der Waals surface area contributed by atoms with Crippen LogP contribution in [0.1, 0.15) is 29.9 Å². The van der Waals surface area contributed by atoms with Crippen molar-refractivity contribution in [2.75, 3.05) is 19.6 Å². The average molecular weight is 194 g/mol. The number of hydrogen-bond donors (Lipinski definition) is 0. The molecule has 1 unspecified atom stereocenters. The summed E-state index contributed by atoms with van der Waals surface area (Å²) in [7, 11) is 0. The van der Waals surface area contributed by atoms with Gasteiger partial charge >= 0.3 is 0 Å². The van der Waals surface area contributed by atoms with Crippen molar-refractivity contribution in [3.05, 3.63) is 11.9 Å². The van der Waals surface area contributed by atoms with E-state index in [0.29, 0.717) is 11.7 Å². The molecule has 5 nitrogen and oxygen atoms in total. The second-order valence-electron chi connectivity index (χ2n) is 3.58. The molecule has 1 atom stereocenters. The Balaban J connectivity index is 2.05. The molecule has 0 radical (unpaired) electrons. The summed E-state index contributed by atoms with van der Waals surface area (Å²) in [5, 5.41) is 7.70. The van der Waals surface area contributed by atoms with Crippen LogP contribution in [0, 0.1) is 0 Å². The number of aldehydes is 1. The monoisotopic (exact) mass is 194 g/mol. The molecule has 5 heteroatoms. The van der Waals surface area contributed by atoms with Crippen molar-refractivity contribution >= 4 is 6.29 Å². The lowest BCUT2D eigenvalue weighted by molar-refractivity contribution is 0.111. The Morgan fingerprint density at radius 2 is 2.57 bits per heavy atom. The summed E-state index contributed by atoms with van der Waals surface area (Å²) in [5.41, 5.74) is 0.417. The van der Waals surface area contributed by atoms with Crippen molar-refractivity contribution in [1.29, 1.82) is 0 Å². The summed E-state index contributed by atoms with van der Waals surface area (Å²) in [5.74, 6) is 0. The number of likely N-dealkylation sites (N-methyl/N-ethyl adjacent to an activating group) is 1. The zero-order valence-corrected chi connectivity index (χ0v) is 8.26. The lowest BCUT2D eigenvalue weighted by Crippen LogP contribution is -2.21. The maximum absolute atomic E-state index is 10.4. The van der Waals surface area contributed by atoms with Crippen LogP contribution in [0.3, 0.4) is 0 Å². The highest BCUT2D eigenvalue weighted by atomic mass is 16.1. The van der Waals surface area contributed by atoms with Gasteiger partial charge in [-0.3, -0.25) is 4.79 Å². The van der Waals surface area contributed by atoms with Crippen LogP contribution in [0.25, 0.3) is 0 Å². The Morgan fingerprint density at radius 1 is 1.71 bits per heavy atom. The van der Waals surface area contributed by atoms with Crippen molar-refractivity contribution in [2.45, 2.75) is 19.4 Å². The summed E-state index contributed by atoms with van der Waals surface area (Å²) in [4.78, 5) is 12.8. The molecule has 1 saturated heterocycles. The molecule has 1 aromatic rings. The molecule has 14 heavy (non-hydrogen) atoms. The topological polar surface area (TPSA) is 51.0 Å². The first-order valence-electron chi connectivity index (χ1n) is 4.93. The zero-order chi connectivity index (χ0) is 9.97. The van der Waals surface area contributed by atoms with Gasteiger partial charge in [-0.05, 0) is 13.0 Å². The van der Waals surface area contributed by atoms with Crippen LogP contribution in [0.2, 0.25) is 0 Å². The minimum Gasteiger partial charge on any atom is -0.301 e. The van der Waals surface area contributed by atoms with E-state index in [1.165, 1.54) is 0 Å². The fourth-order valence-electron chi connectivity index (χ4n) is 1.84. The van der Waals surface area contributed by atoms with E-state index < -0.39 is 0 Å². The van der Waals surface area contributed by atoms with Gasteiger partial charge in [-0.1, -0.05) is 12.1 Å². The number of likely N-dealkylation sites (tertiary alicyclic amines) is 1. The third-order valence-corrected chi connectivity index (χ3v) is 2.72. The van der Waals surface area contributed by atoms with Gasteiger partial charge in [-0.15, -0.1) is 5.10 Å². The predicted octanol–water partition coefficient (Wildman–Crippen LogP) is 0.357. The SMILES string of the molecule is CCN1CCC(n2cc(C=O)nn2)C1. The Labute approximate surface area is 82.7 Å². The molecule has 1 fully saturated rings. The molecule has 1 aliphatic heterocycles. The molecule has 1 aliphatic rings. The molecule has 0 saturated carbocycles. The summed E-state index contributed by atoms with van der Waals surface area (Å²) < 4.78 is 1.80. The van der Waals surface area contributed by atoms with E-state index >= 15 is 0 Å². The number of rotatable bonds is 3. The van der Waals surface area contributed by atoms with Gasteiger partial charge in [-0.25, -0.2) is 4.68 Å². The lowest BCUT2D eigenvalue weighted by Gasteiger charge is -2.12. The quantitative estimate of drug-likeness (QED) is 0.652. The van der Waals surface area contributed by atoms with Crippen LogP contribution in [0.4, 0.5) is 0 Å². The van der Waals surface area contributed by atoms with Crippen LogP contribution in [-0.4, -0.2) is 45.8 Å². The molecule has 1 aromatic heterocycles. The van der Waals surface area contributed by atoms with Gasteiger partial charge < -0.3 is 4.90 Å². The maximum Gasteiger partial charge on any atom is 0.171 e. The smallest absolute Gasteiger partial charge is 0.171 e. The van der Waals surface area contributed by atoms with Crippen molar-refractivity contribution in [3.63, 3.8) is 0 Å². The highest BCUT2D eigenvalue weighted by Gasteiger charge is 2.23. The highest BCUT2D eigenvalue weighted by Crippen LogP contribution is 2.19. The normalized spacial score (nSPS) is 22.8. The summed E-state index contributed by atoms with van der Waals surface area (Å²) in [6, 6.07) is 0.385. The van der Waals surface area contributed by atoms with Crippen LogP contribution in [0.5, 0.6) is 0 Å². The Kier molecular flexibility index (Phi) is 2.58. The van der Waals surface area contributed by atoms with E-state index in [-0.39, 0.29) is 0 Å². The molecule has 0 aliphatic carbocycles. The highest BCUT2D eigenvalue weighted by molar-refractivity contribution is 5.70. The number of aromatic nitrogens is 3. The average Bonchev–Trinajstić information content (AvgIpc) is 2.86. The second kappa shape index (κ2) is 3.88. The fraction of sp³-hybridized carbons (Fsp3) is 0.667. The molecular formula is C9H14N4O. The van der Waals surface area contributed by atoms with Crippen LogP contribution < -0.4 is 0 Å². The van der Waals surface area contributed by atoms with Crippen molar-refractivity contribution in [3.8, 4) is 0 Å². The largest absolute Gasteiger partial charge is 0.301 e. The number of nitrogens with zero attached hydrogens (tertiary/aromatic N) is 4. The number of carbonyl (C=O) groups is 1. The fourth-order valence-corrected chi connectivity index (χ4v) is 1.84. The predicted molar refractivity (Wildman–Crippen MR) is 51.2 cm³/mol. The second-order valence-corrected chi connectivity index (χ2v) is 3.58. The third-order valence-electron chi connectivity index (χ3n) is 2.72. The summed E-state index contributed by atoms with van der Waals surface area (Å²) in [6.07, 6.45) is 3.54. The molecule has 0 amide bonds. The van der Waals surface area contributed by atoms with Gasteiger partial charge in [0.05, 0.1) is 12.2 Å². The first-order chi connectivity index (χ1) is 6.83. The molecule has 2 heterocycles. The molecule has 0 N–H and O–H groups in total. The minimum atomic E-state index is 0.385. The minimum absolute atomic E-state index is 0.385. The lowest BCUT2D eigenvalue weighted by atomic mass is 10.3. The molecular weight excluding hydrogens is 180 g/mol. The maximum atomic E-state index is 10.4. The van der Waals surface area contributed by atoms with E-state index in [9.17, 15) is 4.79 Å². The van der Waals surface area contributed by atoms with Gasteiger partial charge in [0.2, 0.25) is 0 Å². The zero-order valence-electron chi connectivity index (χ0n) is 8.26. The van der Waals surface area contributed by atoms with Gasteiger partial charge in [0.15, 0.2) is 6.29 Å².